The van der Waals surface area contributed by atoms with E-state index in [0.29, 0.717) is 19.8 Å². The maximum absolute atomic E-state index is 11.8. The largest absolute Gasteiger partial charge is 0.444 e. The van der Waals surface area contributed by atoms with Crippen LogP contribution < -0.4 is 10.6 Å². The van der Waals surface area contributed by atoms with Gasteiger partial charge in [0.15, 0.2) is 5.79 Å². The molecule has 6 heteroatoms. The third-order valence-corrected chi connectivity index (χ3v) is 3.13. The molecule has 0 radical (unpaired) electrons. The number of carbonyl (C=O) groups is 1. The molecule has 6 nitrogen and oxygen atoms in total. The molecule has 0 saturated carbocycles. The van der Waals surface area contributed by atoms with E-state index in [9.17, 15) is 4.79 Å². The highest BCUT2D eigenvalue weighted by Gasteiger charge is 2.28. The molecular weight excluding hydrogens is 272 g/mol. The fourth-order valence-corrected chi connectivity index (χ4v) is 1.89. The molecule has 1 amide bonds. The van der Waals surface area contributed by atoms with Crippen LogP contribution in [0.1, 0.15) is 48.0 Å². The molecule has 0 aromatic rings. The maximum atomic E-state index is 11.8. The second-order valence-electron chi connectivity index (χ2n) is 6.88. The lowest BCUT2D eigenvalue weighted by Crippen LogP contribution is -2.52. The zero-order valence-electron chi connectivity index (χ0n) is 14.1. The third-order valence-electron chi connectivity index (χ3n) is 3.13. The van der Waals surface area contributed by atoms with E-state index in [-0.39, 0.29) is 18.2 Å². The lowest BCUT2D eigenvalue weighted by molar-refractivity contribution is -0.252. The Hall–Kier alpha value is -0.850. The molecule has 1 aliphatic heterocycles. The van der Waals surface area contributed by atoms with Crippen molar-refractivity contribution in [2.24, 2.45) is 0 Å². The highest BCUT2D eigenvalue weighted by molar-refractivity contribution is 5.68. The minimum atomic E-state index is -0.503. The van der Waals surface area contributed by atoms with Crippen molar-refractivity contribution in [2.45, 2.75) is 71.4 Å². The summed E-state index contributed by atoms with van der Waals surface area (Å²) in [4.78, 5) is 11.8. The average molecular weight is 302 g/mol. The van der Waals surface area contributed by atoms with Gasteiger partial charge in [0.1, 0.15) is 5.60 Å². The summed E-state index contributed by atoms with van der Waals surface area (Å²) in [6.07, 6.45) is 0.444. The van der Waals surface area contributed by atoms with Gasteiger partial charge in [-0.3, -0.25) is 0 Å². The molecule has 0 bridgehead atoms. The highest BCUT2D eigenvalue weighted by atomic mass is 16.7. The third kappa shape index (κ3) is 7.64. The first-order valence-corrected chi connectivity index (χ1v) is 7.62. The quantitative estimate of drug-likeness (QED) is 0.813. The minimum Gasteiger partial charge on any atom is -0.444 e. The summed E-state index contributed by atoms with van der Waals surface area (Å²) in [6, 6.07) is 0.169. The number of amides is 1. The van der Waals surface area contributed by atoms with Gasteiger partial charge in [-0.05, 0) is 41.0 Å². The number of carbonyl (C=O) groups excluding carboxylic acids is 1. The summed E-state index contributed by atoms with van der Waals surface area (Å²) in [6.45, 7) is 13.3. The zero-order valence-corrected chi connectivity index (χ0v) is 14.1. The van der Waals surface area contributed by atoms with Gasteiger partial charge in [-0.2, -0.15) is 0 Å². The van der Waals surface area contributed by atoms with Crippen LogP contribution in [0.2, 0.25) is 0 Å². The van der Waals surface area contributed by atoms with Crippen LogP contribution in [-0.2, 0) is 14.2 Å². The van der Waals surface area contributed by atoms with Crippen LogP contribution in [0.5, 0.6) is 0 Å². The molecule has 0 aromatic heterocycles. The molecule has 1 fully saturated rings. The Morgan fingerprint density at radius 1 is 1.33 bits per heavy atom. The number of hydrogen-bond donors (Lipinski definition) is 2. The van der Waals surface area contributed by atoms with Gasteiger partial charge >= 0.3 is 6.09 Å². The van der Waals surface area contributed by atoms with Crippen LogP contribution in [0.4, 0.5) is 4.79 Å². The molecule has 124 valence electrons. The first-order chi connectivity index (χ1) is 9.61. The molecule has 0 aliphatic carbocycles. The van der Waals surface area contributed by atoms with E-state index in [0.717, 1.165) is 6.42 Å². The molecule has 1 aliphatic rings. The predicted octanol–water partition coefficient (Wildman–Crippen LogP) is 2.03. The van der Waals surface area contributed by atoms with Crippen molar-refractivity contribution in [3.8, 4) is 0 Å². The van der Waals surface area contributed by atoms with E-state index in [1.54, 1.807) is 0 Å². The SMILES string of the molecule is CCC(CNC1COC(C)(C)OC1)NC(=O)OC(C)(C)C. The monoisotopic (exact) mass is 302 g/mol. The molecule has 1 heterocycles. The fourth-order valence-electron chi connectivity index (χ4n) is 1.89. The van der Waals surface area contributed by atoms with E-state index in [2.05, 4.69) is 10.6 Å². The predicted molar refractivity (Wildman–Crippen MR) is 81.2 cm³/mol. The molecule has 1 rings (SSSR count). The first-order valence-electron chi connectivity index (χ1n) is 7.62. The Morgan fingerprint density at radius 2 is 1.90 bits per heavy atom. The summed E-state index contributed by atoms with van der Waals surface area (Å²) in [5, 5.41) is 6.23. The molecule has 1 atom stereocenters. The van der Waals surface area contributed by atoms with Crippen LogP contribution in [-0.4, -0.2) is 49.3 Å². The van der Waals surface area contributed by atoms with Crippen molar-refractivity contribution in [3.63, 3.8) is 0 Å². The van der Waals surface area contributed by atoms with Gasteiger partial charge < -0.3 is 24.8 Å². The Labute approximate surface area is 127 Å². The van der Waals surface area contributed by atoms with E-state index in [1.807, 2.05) is 41.5 Å². The number of hydrogen-bond acceptors (Lipinski definition) is 5. The summed E-state index contributed by atoms with van der Waals surface area (Å²) in [5.74, 6) is -0.503. The van der Waals surface area contributed by atoms with Gasteiger partial charge in [0, 0.05) is 12.6 Å². The van der Waals surface area contributed by atoms with Crippen molar-refractivity contribution >= 4 is 6.09 Å². The standard InChI is InChI=1S/C15H30N2O4/c1-7-11(17-13(18)21-14(2,3)4)8-16-12-9-19-15(5,6)20-10-12/h11-12,16H,7-10H2,1-6H3,(H,17,18). The van der Waals surface area contributed by atoms with E-state index >= 15 is 0 Å². The summed E-state index contributed by atoms with van der Waals surface area (Å²) < 4.78 is 16.5. The second-order valence-corrected chi connectivity index (χ2v) is 6.88. The van der Waals surface area contributed by atoms with Gasteiger partial charge in [0.2, 0.25) is 0 Å². The van der Waals surface area contributed by atoms with E-state index in [1.165, 1.54) is 0 Å². The maximum Gasteiger partial charge on any atom is 0.407 e. The van der Waals surface area contributed by atoms with Crippen molar-refractivity contribution in [1.29, 1.82) is 0 Å². The zero-order chi connectivity index (χ0) is 16.1. The van der Waals surface area contributed by atoms with Crippen LogP contribution in [0.3, 0.4) is 0 Å². The highest BCUT2D eigenvalue weighted by Crippen LogP contribution is 2.16. The van der Waals surface area contributed by atoms with Crippen molar-refractivity contribution in [3.05, 3.63) is 0 Å². The second kappa shape index (κ2) is 7.42. The number of rotatable bonds is 5. The molecule has 21 heavy (non-hydrogen) atoms. The summed E-state index contributed by atoms with van der Waals surface area (Å²) >= 11 is 0. The van der Waals surface area contributed by atoms with Crippen LogP contribution in [0.15, 0.2) is 0 Å². The molecule has 0 aromatic carbocycles. The Morgan fingerprint density at radius 3 is 2.38 bits per heavy atom. The summed E-state index contributed by atoms with van der Waals surface area (Å²) in [7, 11) is 0. The Balaban J connectivity index is 2.30. The molecule has 2 N–H and O–H groups in total. The van der Waals surface area contributed by atoms with Crippen molar-refractivity contribution in [2.75, 3.05) is 19.8 Å². The van der Waals surface area contributed by atoms with E-state index in [4.69, 9.17) is 14.2 Å². The molecule has 1 saturated heterocycles. The van der Waals surface area contributed by atoms with Crippen LogP contribution in [0.25, 0.3) is 0 Å². The lowest BCUT2D eigenvalue weighted by atomic mass is 10.2. The normalized spacial score (nSPS) is 20.9. The first kappa shape index (κ1) is 18.2. The minimum absolute atomic E-state index is 0.0230. The van der Waals surface area contributed by atoms with Crippen molar-refractivity contribution < 1.29 is 19.0 Å². The Bertz CT molecular complexity index is 329. The summed E-state index contributed by atoms with van der Waals surface area (Å²) in [5.41, 5.74) is -0.480. The van der Waals surface area contributed by atoms with Gasteiger partial charge in [-0.25, -0.2) is 4.79 Å². The molecular formula is C15H30N2O4. The number of alkyl carbamates (subject to hydrolysis) is 1. The molecule has 0 spiro atoms. The number of ether oxygens (including phenoxy) is 3. The van der Waals surface area contributed by atoms with Gasteiger partial charge in [0.05, 0.1) is 19.3 Å². The smallest absolute Gasteiger partial charge is 0.407 e. The van der Waals surface area contributed by atoms with Crippen LogP contribution >= 0.6 is 0 Å². The topological polar surface area (TPSA) is 68.8 Å². The van der Waals surface area contributed by atoms with Crippen LogP contribution in [0, 0.1) is 0 Å². The average Bonchev–Trinajstić information content (AvgIpc) is 2.33. The van der Waals surface area contributed by atoms with E-state index < -0.39 is 11.4 Å². The Kier molecular flexibility index (Phi) is 6.43. The van der Waals surface area contributed by atoms with Gasteiger partial charge in [-0.1, -0.05) is 6.92 Å². The van der Waals surface area contributed by atoms with Crippen molar-refractivity contribution in [1.82, 2.24) is 10.6 Å². The lowest BCUT2D eigenvalue weighted by Gasteiger charge is -2.35. The van der Waals surface area contributed by atoms with Gasteiger partial charge in [0.25, 0.3) is 0 Å². The molecule has 1 unspecified atom stereocenters. The fraction of sp³-hybridized carbons (Fsp3) is 0.933. The number of nitrogens with one attached hydrogen (secondary N) is 2. The van der Waals surface area contributed by atoms with Gasteiger partial charge in [-0.15, -0.1) is 0 Å².